The summed E-state index contributed by atoms with van der Waals surface area (Å²) in [4.78, 5) is 17.0. The highest BCUT2D eigenvalue weighted by molar-refractivity contribution is 5.84. The van der Waals surface area contributed by atoms with E-state index in [0.717, 1.165) is 18.7 Å². The van der Waals surface area contributed by atoms with E-state index in [1.165, 1.54) is 36.5 Å². The van der Waals surface area contributed by atoms with Gasteiger partial charge in [0.05, 0.1) is 30.7 Å². The summed E-state index contributed by atoms with van der Waals surface area (Å²) in [5.41, 5.74) is 1.10. The Kier molecular flexibility index (Phi) is 6.10. The molecule has 142 valence electrons. The summed E-state index contributed by atoms with van der Waals surface area (Å²) in [5.74, 6) is -0.376. The minimum Gasteiger partial charge on any atom is -0.507 e. The van der Waals surface area contributed by atoms with E-state index in [4.69, 9.17) is 4.74 Å². The van der Waals surface area contributed by atoms with Gasteiger partial charge in [-0.1, -0.05) is 12.1 Å². The first kappa shape index (κ1) is 18.9. The Morgan fingerprint density at radius 2 is 1.96 bits per heavy atom. The monoisotopic (exact) mass is 373 g/mol. The zero-order chi connectivity index (χ0) is 19.2. The Morgan fingerprint density at radius 3 is 2.63 bits per heavy atom. The molecule has 7 nitrogen and oxygen atoms in total. The smallest absolute Gasteiger partial charge is 0.270 e. The molecule has 0 saturated carbocycles. The van der Waals surface area contributed by atoms with Crippen LogP contribution in [0.3, 0.4) is 0 Å². The third-order valence-electron chi connectivity index (χ3n) is 4.47. The van der Waals surface area contributed by atoms with Crippen LogP contribution in [0.25, 0.3) is 0 Å². The molecule has 0 bridgehead atoms. The van der Waals surface area contributed by atoms with Crippen molar-refractivity contribution in [2.75, 3.05) is 32.8 Å². The van der Waals surface area contributed by atoms with E-state index in [1.807, 2.05) is 0 Å². The number of phenols is 1. The maximum absolute atomic E-state index is 13.3. The number of ether oxygens (including phenoxy) is 1. The van der Waals surface area contributed by atoms with Crippen LogP contribution >= 0.6 is 0 Å². The molecule has 27 heavy (non-hydrogen) atoms. The number of nitrogens with zero attached hydrogens (tertiary/aromatic N) is 3. The van der Waals surface area contributed by atoms with Crippen molar-refractivity contribution in [1.29, 1.82) is 0 Å². The van der Waals surface area contributed by atoms with E-state index in [0.29, 0.717) is 19.8 Å². The van der Waals surface area contributed by atoms with E-state index in [2.05, 4.69) is 9.89 Å². The van der Waals surface area contributed by atoms with Crippen LogP contribution in [0, 0.1) is 15.9 Å². The molecule has 0 spiro atoms. The van der Waals surface area contributed by atoms with Gasteiger partial charge < -0.3 is 9.84 Å². The zero-order valence-electron chi connectivity index (χ0n) is 14.6. The third kappa shape index (κ3) is 4.87. The topological polar surface area (TPSA) is 88.2 Å². The molecule has 0 unspecified atom stereocenters. The van der Waals surface area contributed by atoms with Crippen LogP contribution in [-0.2, 0) is 4.74 Å². The van der Waals surface area contributed by atoms with Gasteiger partial charge in [0.25, 0.3) is 5.69 Å². The molecule has 1 heterocycles. The molecular weight excluding hydrogens is 353 g/mol. The molecular formula is C19H20FN3O4. The molecule has 0 amide bonds. The molecule has 1 aliphatic rings. The maximum atomic E-state index is 13.3. The standard InChI is InChI=1S/C19H20FN3O4/c20-16-3-1-14(2-4-16)18(22-7-9-27-10-8-22)13-21-12-15-11-17(23(25)26)5-6-19(15)24/h1-6,11-12,18,24H,7-10,13H2/t18-/m1/s1. The second kappa shape index (κ2) is 8.70. The van der Waals surface area contributed by atoms with E-state index >= 15 is 0 Å². The van der Waals surface area contributed by atoms with Crippen molar-refractivity contribution in [3.63, 3.8) is 0 Å². The van der Waals surface area contributed by atoms with Crippen LogP contribution in [0.5, 0.6) is 5.75 Å². The van der Waals surface area contributed by atoms with Crippen LogP contribution in [-0.4, -0.2) is 54.0 Å². The molecule has 2 aromatic carbocycles. The normalized spacial score (nSPS) is 16.5. The Bertz CT molecular complexity index is 820. The van der Waals surface area contributed by atoms with Crippen LogP contribution in [0.15, 0.2) is 47.5 Å². The van der Waals surface area contributed by atoms with Crippen molar-refractivity contribution in [1.82, 2.24) is 4.90 Å². The number of phenolic OH excluding ortho intramolecular Hbond substituents is 1. The predicted octanol–water partition coefficient (Wildman–Crippen LogP) is 2.93. The largest absolute Gasteiger partial charge is 0.507 e. The van der Waals surface area contributed by atoms with Gasteiger partial charge in [0, 0.05) is 37.0 Å². The fraction of sp³-hybridized carbons (Fsp3) is 0.316. The van der Waals surface area contributed by atoms with Gasteiger partial charge in [0.2, 0.25) is 0 Å². The first-order valence-electron chi connectivity index (χ1n) is 8.59. The van der Waals surface area contributed by atoms with Gasteiger partial charge >= 0.3 is 0 Å². The van der Waals surface area contributed by atoms with Gasteiger partial charge in [-0.05, 0) is 23.8 Å². The number of morpholine rings is 1. The number of aliphatic imine (C=N–C) groups is 1. The SMILES string of the molecule is O=[N+]([O-])c1ccc(O)c(C=NC[C@H](c2ccc(F)cc2)N2CCOCC2)c1. The number of nitro benzene ring substituents is 1. The van der Waals surface area contributed by atoms with E-state index in [-0.39, 0.29) is 28.9 Å². The van der Waals surface area contributed by atoms with Crippen molar-refractivity contribution >= 4 is 11.9 Å². The number of hydrogen-bond donors (Lipinski definition) is 1. The van der Waals surface area contributed by atoms with Crippen molar-refractivity contribution in [3.05, 3.63) is 69.5 Å². The Labute approximate surface area is 155 Å². The molecule has 1 saturated heterocycles. The lowest BCUT2D eigenvalue weighted by molar-refractivity contribution is -0.384. The number of rotatable bonds is 6. The zero-order valence-corrected chi connectivity index (χ0v) is 14.6. The minimum absolute atomic E-state index is 0.0749. The predicted molar refractivity (Wildman–Crippen MR) is 98.8 cm³/mol. The summed E-state index contributed by atoms with van der Waals surface area (Å²) >= 11 is 0. The van der Waals surface area contributed by atoms with Gasteiger partial charge in [-0.25, -0.2) is 4.39 Å². The lowest BCUT2D eigenvalue weighted by atomic mass is 10.0. The summed E-state index contributed by atoms with van der Waals surface area (Å²) in [6.07, 6.45) is 1.43. The summed E-state index contributed by atoms with van der Waals surface area (Å²) in [5, 5.41) is 20.8. The molecule has 0 radical (unpaired) electrons. The van der Waals surface area contributed by atoms with Gasteiger partial charge in [-0.3, -0.25) is 20.0 Å². The Morgan fingerprint density at radius 1 is 1.26 bits per heavy atom. The van der Waals surface area contributed by atoms with Crippen LogP contribution in [0.1, 0.15) is 17.2 Å². The summed E-state index contributed by atoms with van der Waals surface area (Å²) in [6, 6.07) is 10.0. The van der Waals surface area contributed by atoms with Crippen LogP contribution < -0.4 is 0 Å². The highest BCUT2D eigenvalue weighted by atomic mass is 19.1. The number of non-ortho nitro benzene ring substituents is 1. The third-order valence-corrected chi connectivity index (χ3v) is 4.47. The number of hydrogen-bond acceptors (Lipinski definition) is 6. The summed E-state index contributed by atoms with van der Waals surface area (Å²) in [6.45, 7) is 3.08. The number of benzene rings is 2. The van der Waals surface area contributed by atoms with Crippen molar-refractivity contribution in [3.8, 4) is 5.75 Å². The first-order valence-corrected chi connectivity index (χ1v) is 8.59. The Balaban J connectivity index is 1.80. The molecule has 1 aliphatic heterocycles. The van der Waals surface area contributed by atoms with Gasteiger partial charge in [-0.15, -0.1) is 0 Å². The summed E-state index contributed by atoms with van der Waals surface area (Å²) in [7, 11) is 0. The molecule has 1 fully saturated rings. The fourth-order valence-corrected chi connectivity index (χ4v) is 3.02. The van der Waals surface area contributed by atoms with Gasteiger partial charge in [-0.2, -0.15) is 0 Å². The quantitative estimate of drug-likeness (QED) is 0.478. The molecule has 3 rings (SSSR count). The lowest BCUT2D eigenvalue weighted by Gasteiger charge is -2.34. The number of aromatic hydroxyl groups is 1. The molecule has 2 aromatic rings. The lowest BCUT2D eigenvalue weighted by Crippen LogP contribution is -2.40. The minimum atomic E-state index is -0.522. The van der Waals surface area contributed by atoms with Crippen LogP contribution in [0.4, 0.5) is 10.1 Å². The molecule has 0 aromatic heterocycles. The van der Waals surface area contributed by atoms with E-state index < -0.39 is 4.92 Å². The average molecular weight is 373 g/mol. The second-order valence-electron chi connectivity index (χ2n) is 6.21. The number of halogens is 1. The highest BCUT2D eigenvalue weighted by Crippen LogP contribution is 2.24. The molecule has 0 aliphatic carbocycles. The molecule has 8 heteroatoms. The molecule has 1 atom stereocenters. The first-order chi connectivity index (χ1) is 13.0. The van der Waals surface area contributed by atoms with E-state index in [9.17, 15) is 19.6 Å². The highest BCUT2D eigenvalue weighted by Gasteiger charge is 2.22. The fourth-order valence-electron chi connectivity index (χ4n) is 3.02. The van der Waals surface area contributed by atoms with Crippen molar-refractivity contribution in [2.45, 2.75) is 6.04 Å². The second-order valence-corrected chi connectivity index (χ2v) is 6.21. The van der Waals surface area contributed by atoms with Crippen molar-refractivity contribution < 1.29 is 19.2 Å². The van der Waals surface area contributed by atoms with Crippen molar-refractivity contribution in [2.24, 2.45) is 4.99 Å². The maximum Gasteiger partial charge on any atom is 0.270 e. The Hall–Kier alpha value is -2.84. The van der Waals surface area contributed by atoms with Crippen LogP contribution in [0.2, 0.25) is 0 Å². The number of nitro groups is 1. The average Bonchev–Trinajstić information content (AvgIpc) is 2.68. The molecule has 1 N–H and O–H groups in total. The van der Waals surface area contributed by atoms with Gasteiger partial charge in [0.15, 0.2) is 0 Å². The van der Waals surface area contributed by atoms with E-state index in [1.54, 1.807) is 12.1 Å². The van der Waals surface area contributed by atoms with Gasteiger partial charge in [0.1, 0.15) is 11.6 Å². The summed E-state index contributed by atoms with van der Waals surface area (Å²) < 4.78 is 18.7.